The Bertz CT molecular complexity index is 1070. The molecule has 32 heavy (non-hydrogen) atoms. The van der Waals surface area contributed by atoms with Crippen LogP contribution in [-0.2, 0) is 22.4 Å². The summed E-state index contributed by atoms with van der Waals surface area (Å²) in [6.45, 7) is 1.76. The molecule has 0 radical (unpaired) electrons. The van der Waals surface area contributed by atoms with E-state index in [1.807, 2.05) is 6.92 Å². The van der Waals surface area contributed by atoms with E-state index in [2.05, 4.69) is 14.9 Å². The first kappa shape index (κ1) is 23.4. The molecule has 1 N–H and O–H groups in total. The van der Waals surface area contributed by atoms with Crippen LogP contribution in [0.5, 0.6) is 0 Å². The highest BCUT2D eigenvalue weighted by Crippen LogP contribution is 2.23. The second-order valence-corrected chi connectivity index (χ2v) is 7.48. The van der Waals surface area contributed by atoms with Gasteiger partial charge in [-0.3, -0.25) is 9.59 Å². The number of ether oxygens (including phenoxy) is 1. The fourth-order valence-electron chi connectivity index (χ4n) is 3.51. The molecule has 1 saturated heterocycles. The average Bonchev–Trinajstić information content (AvgIpc) is 2.75. The van der Waals surface area contributed by atoms with Crippen molar-refractivity contribution in [2.45, 2.75) is 44.9 Å². The Morgan fingerprint density at radius 3 is 2.72 bits per heavy atom. The maximum Gasteiger partial charge on any atom is 0.490 e. The number of halogens is 4. The van der Waals surface area contributed by atoms with Crippen molar-refractivity contribution in [1.29, 1.82) is 0 Å². The number of likely N-dealkylation sites (tertiary alicyclic amines) is 1. The average molecular weight is 455 g/mol. The Kier molecular flexibility index (Phi) is 6.95. The van der Waals surface area contributed by atoms with Crippen molar-refractivity contribution < 1.29 is 31.9 Å². The Morgan fingerprint density at radius 1 is 1.28 bits per heavy atom. The van der Waals surface area contributed by atoms with Crippen LogP contribution in [0.2, 0.25) is 0 Å². The lowest BCUT2D eigenvalue weighted by Crippen LogP contribution is -2.45. The molecule has 0 saturated carbocycles. The number of carbonyl (C=O) groups excluding carboxylic acids is 2. The minimum Gasteiger partial charge on any atom is -0.454 e. The number of aryl methyl sites for hydroxylation is 1. The summed E-state index contributed by atoms with van der Waals surface area (Å²) in [7, 11) is 0. The molecule has 1 aliphatic rings. The minimum atomic E-state index is -5.12. The van der Waals surface area contributed by atoms with Gasteiger partial charge in [0, 0.05) is 18.5 Å². The van der Waals surface area contributed by atoms with E-state index in [0.717, 1.165) is 6.07 Å². The summed E-state index contributed by atoms with van der Waals surface area (Å²) >= 11 is 0. The van der Waals surface area contributed by atoms with E-state index in [1.54, 1.807) is 6.07 Å². The molecule has 1 aromatic heterocycles. The molecule has 0 aliphatic carbocycles. The predicted molar refractivity (Wildman–Crippen MR) is 105 cm³/mol. The van der Waals surface area contributed by atoms with Crippen LogP contribution < -0.4 is 5.56 Å². The molecule has 11 heteroatoms. The van der Waals surface area contributed by atoms with Crippen LogP contribution in [0.25, 0.3) is 0 Å². The summed E-state index contributed by atoms with van der Waals surface area (Å²) < 4.78 is 56.2. The lowest BCUT2D eigenvalue weighted by Gasteiger charge is -2.32. The summed E-state index contributed by atoms with van der Waals surface area (Å²) in [5, 5.41) is 6.35. The van der Waals surface area contributed by atoms with Gasteiger partial charge in [-0.05, 0) is 43.0 Å². The smallest absolute Gasteiger partial charge is 0.454 e. The number of aromatic nitrogens is 2. The number of nitrogens with one attached hydrogen (secondary N) is 1. The van der Waals surface area contributed by atoms with Gasteiger partial charge in [-0.15, -0.1) is 0 Å². The second kappa shape index (κ2) is 9.49. The van der Waals surface area contributed by atoms with Crippen molar-refractivity contribution in [2.75, 3.05) is 13.1 Å². The van der Waals surface area contributed by atoms with E-state index in [1.165, 1.54) is 17.0 Å². The topological polar surface area (TPSA) is 92.4 Å². The van der Waals surface area contributed by atoms with Crippen LogP contribution in [-0.4, -0.2) is 52.3 Å². The van der Waals surface area contributed by atoms with Gasteiger partial charge in [0.1, 0.15) is 11.9 Å². The standard InChI is InChI=1S/C21H21F4N3O4/c1-2-13-10-14(26-27-18(13)29)8-12-5-6-17(22)16(9-12)19(30)28-7-3-4-15(11-28)32-20(31)21(23,24)25/h5-6,9-10,15H,2-4,7-8,11H2,1H3,(H,27,29). The van der Waals surface area contributed by atoms with E-state index in [9.17, 15) is 31.9 Å². The first-order valence-corrected chi connectivity index (χ1v) is 10.0. The number of hydrogen-bond donors (Lipinski definition) is 1. The van der Waals surface area contributed by atoms with Gasteiger partial charge in [0.15, 0.2) is 0 Å². The van der Waals surface area contributed by atoms with E-state index in [0.29, 0.717) is 29.7 Å². The molecule has 1 aliphatic heterocycles. The number of esters is 1. The number of piperidine rings is 1. The van der Waals surface area contributed by atoms with Crippen molar-refractivity contribution in [3.8, 4) is 0 Å². The van der Waals surface area contributed by atoms with E-state index in [-0.39, 0.29) is 37.1 Å². The normalized spacial score (nSPS) is 16.7. The minimum absolute atomic E-state index is 0.172. The van der Waals surface area contributed by atoms with Crippen molar-refractivity contribution in [3.05, 3.63) is 62.8 Å². The maximum absolute atomic E-state index is 14.4. The Hall–Kier alpha value is -3.24. The third-order valence-electron chi connectivity index (χ3n) is 5.13. The molecule has 2 aromatic rings. The Balaban J connectivity index is 1.75. The van der Waals surface area contributed by atoms with E-state index < -0.39 is 30.0 Å². The highest BCUT2D eigenvalue weighted by Gasteiger charge is 2.43. The number of amides is 1. The highest BCUT2D eigenvalue weighted by molar-refractivity contribution is 5.94. The molecule has 1 amide bonds. The molecule has 1 fully saturated rings. The zero-order valence-electron chi connectivity index (χ0n) is 17.2. The van der Waals surface area contributed by atoms with Crippen LogP contribution in [0.3, 0.4) is 0 Å². The molecule has 1 atom stereocenters. The molecule has 0 spiro atoms. The number of H-pyrrole nitrogens is 1. The molecule has 2 heterocycles. The van der Waals surface area contributed by atoms with E-state index >= 15 is 0 Å². The zero-order chi connectivity index (χ0) is 23.5. The van der Waals surface area contributed by atoms with Crippen LogP contribution in [0.4, 0.5) is 17.6 Å². The van der Waals surface area contributed by atoms with Crippen molar-refractivity contribution in [2.24, 2.45) is 0 Å². The highest BCUT2D eigenvalue weighted by atomic mass is 19.4. The number of carbonyl (C=O) groups is 2. The molecular weight excluding hydrogens is 434 g/mol. The van der Waals surface area contributed by atoms with Gasteiger partial charge in [0.05, 0.1) is 17.8 Å². The summed E-state index contributed by atoms with van der Waals surface area (Å²) in [6.07, 6.45) is -5.02. The number of rotatable bonds is 5. The van der Waals surface area contributed by atoms with Crippen LogP contribution in [0.15, 0.2) is 29.1 Å². The third kappa shape index (κ3) is 5.51. The molecule has 172 valence electrons. The first-order chi connectivity index (χ1) is 15.1. The summed E-state index contributed by atoms with van der Waals surface area (Å²) in [4.78, 5) is 36.8. The lowest BCUT2D eigenvalue weighted by molar-refractivity contribution is -0.206. The molecule has 0 bridgehead atoms. The summed E-state index contributed by atoms with van der Waals surface area (Å²) in [5.74, 6) is -3.80. The molecule has 3 rings (SSSR count). The lowest BCUT2D eigenvalue weighted by atomic mass is 10.0. The zero-order valence-corrected chi connectivity index (χ0v) is 17.2. The number of hydrogen-bond acceptors (Lipinski definition) is 5. The monoisotopic (exact) mass is 455 g/mol. The van der Waals surface area contributed by atoms with Gasteiger partial charge in [0.2, 0.25) is 0 Å². The summed E-state index contributed by atoms with van der Waals surface area (Å²) in [5.41, 5.74) is 1.10. The Morgan fingerprint density at radius 2 is 2.03 bits per heavy atom. The molecule has 1 aromatic carbocycles. The van der Waals surface area contributed by atoms with Crippen molar-refractivity contribution >= 4 is 11.9 Å². The molecule has 1 unspecified atom stereocenters. The quantitative estimate of drug-likeness (QED) is 0.553. The predicted octanol–water partition coefficient (Wildman–Crippen LogP) is 2.77. The van der Waals surface area contributed by atoms with Gasteiger partial charge in [-0.25, -0.2) is 14.3 Å². The molecular formula is C21H21F4N3O4. The Labute approximate surface area is 180 Å². The second-order valence-electron chi connectivity index (χ2n) is 7.48. The van der Waals surface area contributed by atoms with Crippen molar-refractivity contribution in [3.63, 3.8) is 0 Å². The molecule has 7 nitrogen and oxygen atoms in total. The van der Waals surface area contributed by atoms with E-state index in [4.69, 9.17) is 0 Å². The van der Waals surface area contributed by atoms with Gasteiger partial charge in [-0.1, -0.05) is 13.0 Å². The van der Waals surface area contributed by atoms with Crippen LogP contribution in [0, 0.1) is 5.82 Å². The van der Waals surface area contributed by atoms with Crippen molar-refractivity contribution in [1.82, 2.24) is 15.1 Å². The van der Waals surface area contributed by atoms with Gasteiger partial charge in [0.25, 0.3) is 11.5 Å². The van der Waals surface area contributed by atoms with Gasteiger partial charge in [-0.2, -0.15) is 18.3 Å². The van der Waals surface area contributed by atoms with Crippen LogP contribution >= 0.6 is 0 Å². The fourth-order valence-corrected chi connectivity index (χ4v) is 3.51. The number of nitrogens with zero attached hydrogens (tertiary/aromatic N) is 2. The summed E-state index contributed by atoms with van der Waals surface area (Å²) in [6, 6.07) is 5.59. The van der Waals surface area contributed by atoms with Crippen LogP contribution in [0.1, 0.15) is 46.9 Å². The van der Waals surface area contributed by atoms with Gasteiger partial charge >= 0.3 is 12.1 Å². The number of aromatic amines is 1. The largest absolute Gasteiger partial charge is 0.490 e. The SMILES string of the molecule is CCc1cc(Cc2ccc(F)c(C(=O)N3CCCC(OC(=O)C(F)(F)F)C3)c2)n[nH]c1=O. The van der Waals surface area contributed by atoms with Gasteiger partial charge < -0.3 is 9.64 Å². The number of alkyl halides is 3. The first-order valence-electron chi connectivity index (χ1n) is 10.0. The number of benzene rings is 1. The fraction of sp³-hybridized carbons (Fsp3) is 0.429. The third-order valence-corrected chi connectivity index (χ3v) is 5.13. The maximum atomic E-state index is 14.4.